The lowest BCUT2D eigenvalue weighted by atomic mass is 9.76. The zero-order valence-corrected chi connectivity index (χ0v) is 17.8. The second-order valence-corrected chi connectivity index (χ2v) is 8.27. The Morgan fingerprint density at radius 3 is 2.97 bits per heavy atom. The lowest BCUT2D eigenvalue weighted by molar-refractivity contribution is -0.163. The number of ether oxygens (including phenoxy) is 2. The van der Waals surface area contributed by atoms with E-state index in [4.69, 9.17) is 19.5 Å². The number of rotatable bonds is 4. The number of hydrazone groups is 1. The largest absolute Gasteiger partial charge is 0.353 e. The van der Waals surface area contributed by atoms with Crippen LogP contribution >= 0.6 is 0 Å². The van der Waals surface area contributed by atoms with Crippen molar-refractivity contribution in [3.8, 4) is 0 Å². The second-order valence-electron chi connectivity index (χ2n) is 8.27. The summed E-state index contributed by atoms with van der Waals surface area (Å²) < 4.78 is 13.6. The van der Waals surface area contributed by atoms with Gasteiger partial charge in [-0.3, -0.25) is 4.99 Å². The number of aryl methyl sites for hydroxylation is 1. The van der Waals surface area contributed by atoms with Crippen LogP contribution in [-0.2, 0) is 9.47 Å². The Kier molecular flexibility index (Phi) is 4.91. The van der Waals surface area contributed by atoms with Crippen LogP contribution in [0.4, 0.5) is 0 Å². The van der Waals surface area contributed by atoms with Crippen molar-refractivity contribution in [2.45, 2.75) is 58.3 Å². The third kappa shape index (κ3) is 3.06. The number of aromatic nitrogens is 2. The fraction of sp³-hybridized carbons (Fsp3) is 0.545. The van der Waals surface area contributed by atoms with Gasteiger partial charge < -0.3 is 9.47 Å². The minimum absolute atomic E-state index is 0.0613. The molecule has 1 spiro atoms. The minimum atomic E-state index is -0.633. The van der Waals surface area contributed by atoms with E-state index in [0.717, 1.165) is 60.7 Å². The molecule has 1 saturated heterocycles. The summed E-state index contributed by atoms with van der Waals surface area (Å²) in [6.07, 6.45) is 12.0. The normalized spacial score (nSPS) is 29.6. The highest BCUT2D eigenvalue weighted by atomic mass is 16.7. The van der Waals surface area contributed by atoms with Gasteiger partial charge in [0.2, 0.25) is 5.96 Å². The van der Waals surface area contributed by atoms with Crippen LogP contribution in [0.5, 0.6) is 0 Å². The summed E-state index contributed by atoms with van der Waals surface area (Å²) >= 11 is 0. The quantitative estimate of drug-likeness (QED) is 0.830. The molecule has 0 amide bonds. The first-order chi connectivity index (χ1) is 14.6. The average Bonchev–Trinajstić information content (AvgIpc) is 3.25. The Labute approximate surface area is 176 Å². The fourth-order valence-electron chi connectivity index (χ4n) is 4.51. The van der Waals surface area contributed by atoms with Crippen molar-refractivity contribution in [3.05, 3.63) is 40.9 Å². The number of hydrogen-bond acceptors (Lipinski definition) is 7. The summed E-state index contributed by atoms with van der Waals surface area (Å²) in [5, 5.41) is 9.34. The van der Waals surface area contributed by atoms with E-state index in [0.29, 0.717) is 12.6 Å². The molecule has 8 nitrogen and oxygen atoms in total. The highest BCUT2D eigenvalue weighted by Gasteiger charge is 2.51. The first-order valence-electron chi connectivity index (χ1n) is 10.7. The van der Waals surface area contributed by atoms with Gasteiger partial charge in [0.25, 0.3) is 0 Å². The highest BCUT2D eigenvalue weighted by Crippen LogP contribution is 2.42. The first kappa shape index (κ1) is 19.4. The van der Waals surface area contributed by atoms with Gasteiger partial charge in [0, 0.05) is 24.4 Å². The number of nitrogens with one attached hydrogen (secondary N) is 1. The summed E-state index contributed by atoms with van der Waals surface area (Å²) in [4.78, 5) is 9.88. The maximum Gasteiger partial charge on any atom is 0.241 e. The Hall–Kier alpha value is -2.58. The van der Waals surface area contributed by atoms with Crippen LogP contribution in [0.2, 0.25) is 0 Å². The van der Waals surface area contributed by atoms with Gasteiger partial charge in [-0.2, -0.15) is 10.2 Å². The average molecular weight is 409 g/mol. The smallest absolute Gasteiger partial charge is 0.241 e. The Morgan fingerprint density at radius 2 is 2.20 bits per heavy atom. The van der Waals surface area contributed by atoms with Crippen molar-refractivity contribution >= 4 is 17.9 Å². The molecule has 1 aliphatic carbocycles. The number of nitrogens with zero attached hydrogens (tertiary/aromatic N) is 5. The van der Waals surface area contributed by atoms with Crippen molar-refractivity contribution in [1.29, 1.82) is 0 Å². The van der Waals surface area contributed by atoms with Gasteiger partial charge in [0.05, 0.1) is 23.7 Å². The lowest BCUT2D eigenvalue weighted by Gasteiger charge is -2.36. The molecule has 4 aliphatic rings. The van der Waals surface area contributed by atoms with Crippen molar-refractivity contribution in [2.24, 2.45) is 21.0 Å². The molecule has 30 heavy (non-hydrogen) atoms. The molecule has 1 aromatic rings. The van der Waals surface area contributed by atoms with Gasteiger partial charge in [0.15, 0.2) is 11.8 Å². The van der Waals surface area contributed by atoms with Crippen LogP contribution in [0, 0.1) is 26.7 Å². The third-order valence-electron chi connectivity index (χ3n) is 6.50. The predicted octanol–water partition coefficient (Wildman–Crippen LogP) is 2.80. The number of hydrogen-bond donors (Lipinski definition) is 1. The van der Waals surface area contributed by atoms with Gasteiger partial charge in [-0.25, -0.2) is 15.1 Å². The number of allylic oxidation sites excluding steroid dienone is 2. The SMILES string of the molecule is Cc1nn(C2=NC34C(=CC=CC3=NN2)N=CC4CCOC2CCCCO2)c(C)c1C. The summed E-state index contributed by atoms with van der Waals surface area (Å²) in [7, 11) is 0. The molecule has 5 rings (SSSR count). The summed E-state index contributed by atoms with van der Waals surface area (Å²) in [6.45, 7) is 7.52. The minimum Gasteiger partial charge on any atom is -0.353 e. The van der Waals surface area contributed by atoms with E-state index < -0.39 is 5.54 Å². The highest BCUT2D eigenvalue weighted by molar-refractivity contribution is 6.12. The van der Waals surface area contributed by atoms with Crippen molar-refractivity contribution in [2.75, 3.05) is 13.2 Å². The van der Waals surface area contributed by atoms with Crippen molar-refractivity contribution in [3.63, 3.8) is 0 Å². The van der Waals surface area contributed by atoms with E-state index >= 15 is 0 Å². The van der Waals surface area contributed by atoms with Crippen LogP contribution < -0.4 is 5.43 Å². The zero-order valence-electron chi connectivity index (χ0n) is 17.8. The van der Waals surface area contributed by atoms with Crippen LogP contribution in [0.1, 0.15) is 42.6 Å². The third-order valence-corrected chi connectivity index (χ3v) is 6.50. The zero-order chi connectivity index (χ0) is 20.7. The molecule has 0 saturated carbocycles. The van der Waals surface area contributed by atoms with Crippen molar-refractivity contribution in [1.82, 2.24) is 15.2 Å². The molecule has 4 heterocycles. The molecule has 3 unspecified atom stereocenters. The second kappa shape index (κ2) is 7.59. The Balaban J connectivity index is 1.42. The van der Waals surface area contributed by atoms with Crippen LogP contribution in [0.15, 0.2) is 39.0 Å². The van der Waals surface area contributed by atoms with Crippen LogP contribution in [-0.4, -0.2) is 52.7 Å². The van der Waals surface area contributed by atoms with Gasteiger partial charge >= 0.3 is 0 Å². The molecule has 0 aromatic carbocycles. The molecular weight excluding hydrogens is 380 g/mol. The van der Waals surface area contributed by atoms with Crippen molar-refractivity contribution < 1.29 is 9.47 Å². The fourth-order valence-corrected chi connectivity index (χ4v) is 4.51. The van der Waals surface area contributed by atoms with E-state index in [9.17, 15) is 0 Å². The predicted molar refractivity (Wildman–Crippen MR) is 116 cm³/mol. The molecule has 158 valence electrons. The molecule has 1 fully saturated rings. The summed E-state index contributed by atoms with van der Waals surface area (Å²) in [5.74, 6) is 0.687. The van der Waals surface area contributed by atoms with E-state index in [1.807, 2.05) is 36.0 Å². The van der Waals surface area contributed by atoms with E-state index in [2.05, 4.69) is 29.5 Å². The summed E-state index contributed by atoms with van der Waals surface area (Å²) in [6, 6.07) is 0. The number of aliphatic imine (C=N–C) groups is 2. The summed E-state index contributed by atoms with van der Waals surface area (Å²) in [5.41, 5.74) is 7.47. The first-order valence-corrected chi connectivity index (χ1v) is 10.7. The molecule has 8 heteroatoms. The molecule has 3 atom stereocenters. The Bertz CT molecular complexity index is 996. The Morgan fingerprint density at radius 1 is 1.30 bits per heavy atom. The molecule has 3 aliphatic heterocycles. The molecule has 1 N–H and O–H groups in total. The van der Waals surface area contributed by atoms with Gasteiger partial charge in [0.1, 0.15) is 0 Å². The van der Waals surface area contributed by atoms with E-state index in [-0.39, 0.29) is 12.2 Å². The topological polar surface area (TPSA) is 85.4 Å². The molecular formula is C22H28N6O2. The van der Waals surface area contributed by atoms with E-state index in [1.54, 1.807) is 0 Å². The standard InChI is InChI=1S/C22H28N6O2/c1-14-15(2)27-28(16(14)3)21-24-22-17(10-12-30-20-9-4-5-11-29-20)13-23-18(22)7-6-8-19(22)25-26-21/h6-8,13,17,20H,4-5,9-12H2,1-3H3,(H,24,26). The molecule has 0 bridgehead atoms. The monoisotopic (exact) mass is 408 g/mol. The van der Waals surface area contributed by atoms with Crippen LogP contribution in [0.3, 0.4) is 0 Å². The maximum absolute atomic E-state index is 6.01. The van der Waals surface area contributed by atoms with Gasteiger partial charge in [-0.05, 0) is 64.2 Å². The molecule has 0 radical (unpaired) electrons. The molecule has 1 aromatic heterocycles. The van der Waals surface area contributed by atoms with Gasteiger partial charge in [-0.15, -0.1) is 0 Å². The maximum atomic E-state index is 6.01. The van der Waals surface area contributed by atoms with E-state index in [1.165, 1.54) is 0 Å². The lowest BCUT2D eigenvalue weighted by Crippen LogP contribution is -2.51. The van der Waals surface area contributed by atoms with Crippen LogP contribution in [0.25, 0.3) is 0 Å². The van der Waals surface area contributed by atoms with Gasteiger partial charge in [-0.1, -0.05) is 6.08 Å².